The Balaban J connectivity index is 4.53. The molecule has 0 saturated heterocycles. The maximum atomic E-state index is 10.1. The molecule has 0 heterocycles. The van der Waals surface area contributed by atoms with Crippen LogP contribution in [0.15, 0.2) is 12.7 Å². The third kappa shape index (κ3) is 1.88. The van der Waals surface area contributed by atoms with Gasteiger partial charge in [0.1, 0.15) is 0 Å². The molecule has 0 spiro atoms. The van der Waals surface area contributed by atoms with Gasteiger partial charge in [-0.05, 0) is 6.08 Å². The predicted molar refractivity (Wildman–Crippen MR) is 30.0 cm³/mol. The van der Waals surface area contributed by atoms with E-state index in [2.05, 4.69) is 6.58 Å². The quantitative estimate of drug-likeness (QED) is 0.464. The van der Waals surface area contributed by atoms with E-state index in [1.54, 1.807) is 0 Å². The minimum Gasteiger partial charge on any atom is -0.277 e. The Kier molecular flexibility index (Phi) is 1.92. The number of hydrogen-bond donors (Lipinski definition) is 0. The van der Waals surface area contributed by atoms with Gasteiger partial charge < -0.3 is 0 Å². The van der Waals surface area contributed by atoms with Crippen LogP contribution in [0.4, 0.5) is 0 Å². The predicted octanol–water partition coefficient (Wildman–Crippen LogP) is -0.256. The summed E-state index contributed by atoms with van der Waals surface area (Å²) >= 11 is 0. The topological polar surface area (TPSA) is 51.2 Å². The maximum Gasteiger partial charge on any atom is 0.268 e. The molecule has 0 amide bonds. The smallest absolute Gasteiger partial charge is 0.268 e. The van der Waals surface area contributed by atoms with E-state index in [-0.39, 0.29) is 0 Å². The molecule has 0 aliphatic rings. The van der Waals surface area contributed by atoms with Crippen LogP contribution in [0.1, 0.15) is 0 Å². The number of hydrogen-bond acceptors (Lipinski definition) is 3. The van der Waals surface area contributed by atoms with E-state index in [1.165, 1.54) is 0 Å². The molecule has 0 bridgehead atoms. The molecule has 0 atom stereocenters. The van der Waals surface area contributed by atoms with Gasteiger partial charge in [0.25, 0.3) is 5.12 Å². The molecular weight excluding hydrogens is 128 g/mol. The summed E-state index contributed by atoms with van der Waals surface area (Å²) < 4.78 is 20.3. The van der Waals surface area contributed by atoms with E-state index in [0.29, 0.717) is 0 Å². The highest BCUT2D eigenvalue weighted by atomic mass is 32.2. The molecule has 0 aromatic heterocycles. The van der Waals surface area contributed by atoms with Crippen molar-refractivity contribution in [2.75, 3.05) is 6.26 Å². The van der Waals surface area contributed by atoms with Gasteiger partial charge in [-0.1, -0.05) is 6.58 Å². The van der Waals surface area contributed by atoms with Crippen molar-refractivity contribution >= 4 is 15.0 Å². The summed E-state index contributed by atoms with van der Waals surface area (Å²) in [4.78, 5) is 10.1. The second-order valence-electron chi connectivity index (χ2n) is 1.30. The van der Waals surface area contributed by atoms with Crippen LogP contribution in [0, 0.1) is 0 Å². The molecule has 46 valence electrons. The van der Waals surface area contributed by atoms with Crippen LogP contribution in [-0.4, -0.2) is 19.8 Å². The zero-order chi connectivity index (χ0) is 6.78. The zero-order valence-corrected chi connectivity index (χ0v) is 5.23. The first kappa shape index (κ1) is 7.36. The van der Waals surface area contributed by atoms with Gasteiger partial charge in [0, 0.05) is 6.26 Å². The zero-order valence-electron chi connectivity index (χ0n) is 4.42. The summed E-state index contributed by atoms with van der Waals surface area (Å²) in [6.07, 6.45) is 1.62. The lowest BCUT2D eigenvalue weighted by Crippen LogP contribution is -2.07. The molecular formula is C4H6O3S. The van der Waals surface area contributed by atoms with Crippen molar-refractivity contribution in [2.45, 2.75) is 0 Å². The Hall–Kier alpha value is -0.640. The third-order valence-corrected chi connectivity index (χ3v) is 1.43. The SMILES string of the molecule is C=CC(=O)S(C)(=O)=O. The van der Waals surface area contributed by atoms with Gasteiger partial charge in [-0.2, -0.15) is 0 Å². The first-order valence-electron chi connectivity index (χ1n) is 1.85. The Labute approximate surface area is 47.9 Å². The lowest BCUT2D eigenvalue weighted by molar-refractivity contribution is -0.107. The van der Waals surface area contributed by atoms with Crippen molar-refractivity contribution in [3.8, 4) is 0 Å². The van der Waals surface area contributed by atoms with Gasteiger partial charge in [0.05, 0.1) is 0 Å². The fourth-order valence-electron chi connectivity index (χ4n) is 0.151. The van der Waals surface area contributed by atoms with Gasteiger partial charge in [0.2, 0.25) is 9.84 Å². The Bertz CT molecular complexity index is 199. The second-order valence-corrected chi connectivity index (χ2v) is 3.24. The third-order valence-electron chi connectivity index (χ3n) is 0.532. The number of carbonyl (C=O) groups excluding carboxylic acids is 1. The summed E-state index contributed by atoms with van der Waals surface area (Å²) in [6, 6.07) is 0. The summed E-state index contributed by atoms with van der Waals surface area (Å²) in [7, 11) is -3.51. The molecule has 0 aliphatic carbocycles. The van der Waals surface area contributed by atoms with Crippen LogP contribution in [-0.2, 0) is 14.6 Å². The first-order valence-corrected chi connectivity index (χ1v) is 3.74. The van der Waals surface area contributed by atoms with Gasteiger partial charge in [0.15, 0.2) is 0 Å². The molecule has 0 aromatic carbocycles. The lowest BCUT2D eigenvalue weighted by atomic mass is 10.7. The average molecular weight is 134 g/mol. The molecule has 0 saturated carbocycles. The van der Waals surface area contributed by atoms with E-state index in [0.717, 1.165) is 12.3 Å². The maximum absolute atomic E-state index is 10.1. The normalized spacial score (nSPS) is 10.6. The van der Waals surface area contributed by atoms with E-state index in [1.807, 2.05) is 0 Å². The van der Waals surface area contributed by atoms with Gasteiger partial charge in [-0.15, -0.1) is 0 Å². The summed E-state index contributed by atoms with van der Waals surface area (Å²) in [5.41, 5.74) is 0. The molecule has 0 aromatic rings. The molecule has 0 radical (unpaired) electrons. The van der Waals surface area contributed by atoms with E-state index in [4.69, 9.17) is 0 Å². The number of sulfone groups is 1. The van der Waals surface area contributed by atoms with Crippen LogP contribution in [0.25, 0.3) is 0 Å². The van der Waals surface area contributed by atoms with Gasteiger partial charge in [-0.25, -0.2) is 8.42 Å². The molecule has 0 unspecified atom stereocenters. The molecule has 0 rings (SSSR count). The summed E-state index contributed by atoms with van der Waals surface area (Å²) in [5.74, 6) is 0. The van der Waals surface area contributed by atoms with E-state index >= 15 is 0 Å². The van der Waals surface area contributed by atoms with Crippen LogP contribution in [0.5, 0.6) is 0 Å². The number of rotatable bonds is 1. The first-order chi connectivity index (χ1) is 3.48. The Morgan fingerprint density at radius 1 is 1.62 bits per heavy atom. The highest BCUT2D eigenvalue weighted by Gasteiger charge is 2.08. The molecule has 0 fully saturated rings. The Morgan fingerprint density at radius 3 is 2.00 bits per heavy atom. The lowest BCUT2D eigenvalue weighted by Gasteiger charge is -1.83. The molecule has 0 N–H and O–H groups in total. The van der Waals surface area contributed by atoms with Crippen molar-refractivity contribution < 1.29 is 13.2 Å². The van der Waals surface area contributed by atoms with E-state index in [9.17, 15) is 13.2 Å². The summed E-state index contributed by atoms with van der Waals surface area (Å²) in [5, 5.41) is -0.933. The van der Waals surface area contributed by atoms with Gasteiger partial charge in [-0.3, -0.25) is 4.79 Å². The fourth-order valence-corrected chi connectivity index (χ4v) is 0.454. The minimum atomic E-state index is -3.51. The molecule has 8 heavy (non-hydrogen) atoms. The van der Waals surface area contributed by atoms with Gasteiger partial charge >= 0.3 is 0 Å². The fraction of sp³-hybridized carbons (Fsp3) is 0.250. The van der Waals surface area contributed by atoms with Crippen LogP contribution in [0.3, 0.4) is 0 Å². The average Bonchev–Trinajstić information content (AvgIpc) is 1.62. The minimum absolute atomic E-state index is 0.773. The van der Waals surface area contributed by atoms with Crippen molar-refractivity contribution in [3.05, 3.63) is 12.7 Å². The highest BCUT2D eigenvalue weighted by Crippen LogP contribution is 1.84. The number of carbonyl (C=O) groups is 1. The van der Waals surface area contributed by atoms with Crippen LogP contribution in [0.2, 0.25) is 0 Å². The van der Waals surface area contributed by atoms with Crippen molar-refractivity contribution in [1.29, 1.82) is 0 Å². The van der Waals surface area contributed by atoms with Crippen LogP contribution < -0.4 is 0 Å². The standard InChI is InChI=1S/C4H6O3S/c1-3-4(5)8(2,6)7/h3H,1H2,2H3. The van der Waals surface area contributed by atoms with Crippen molar-refractivity contribution in [3.63, 3.8) is 0 Å². The largest absolute Gasteiger partial charge is 0.277 e. The molecule has 4 heteroatoms. The molecule has 0 aliphatic heterocycles. The monoisotopic (exact) mass is 134 g/mol. The van der Waals surface area contributed by atoms with Crippen molar-refractivity contribution in [2.24, 2.45) is 0 Å². The van der Waals surface area contributed by atoms with Crippen LogP contribution >= 0.6 is 0 Å². The second kappa shape index (κ2) is 2.09. The molecule has 3 nitrogen and oxygen atoms in total. The van der Waals surface area contributed by atoms with E-state index < -0.39 is 15.0 Å². The summed E-state index contributed by atoms with van der Waals surface area (Å²) in [6.45, 7) is 3.00. The Morgan fingerprint density at radius 2 is 2.00 bits per heavy atom. The highest BCUT2D eigenvalue weighted by molar-refractivity contribution is 8.05. The van der Waals surface area contributed by atoms with Crippen molar-refractivity contribution in [1.82, 2.24) is 0 Å².